The summed E-state index contributed by atoms with van der Waals surface area (Å²) in [6.07, 6.45) is 1.12. The highest BCUT2D eigenvalue weighted by molar-refractivity contribution is 7.99. The van der Waals surface area contributed by atoms with Crippen LogP contribution in [0.5, 0.6) is 0 Å². The van der Waals surface area contributed by atoms with Crippen LogP contribution in [0.25, 0.3) is 0 Å². The monoisotopic (exact) mass is 306 g/mol. The summed E-state index contributed by atoms with van der Waals surface area (Å²) in [5, 5.41) is 0. The molecule has 0 radical (unpaired) electrons. The van der Waals surface area contributed by atoms with Gasteiger partial charge >= 0.3 is 6.09 Å². The molecule has 2 aliphatic heterocycles. The van der Waals surface area contributed by atoms with E-state index in [1.807, 2.05) is 16.7 Å². The van der Waals surface area contributed by atoms with Gasteiger partial charge in [-0.05, 0) is 31.0 Å². The summed E-state index contributed by atoms with van der Waals surface area (Å²) in [6.45, 7) is 5.39. The number of rotatable bonds is 6. The number of hydrogen-bond donors (Lipinski definition) is 0. The molecule has 2 heterocycles. The lowest BCUT2D eigenvalue weighted by Crippen LogP contribution is -2.34. The molecule has 4 nitrogen and oxygen atoms in total. The molecule has 1 atom stereocenters. The van der Waals surface area contributed by atoms with Crippen LogP contribution in [-0.4, -0.2) is 61.0 Å². The van der Waals surface area contributed by atoms with Crippen LogP contribution in [0.1, 0.15) is 6.42 Å². The third-order valence-corrected chi connectivity index (χ3v) is 5.37. The number of nitrogens with zero attached hydrogens (tertiary/aromatic N) is 2. The number of cyclic esters (lactones) is 1. The van der Waals surface area contributed by atoms with E-state index in [4.69, 9.17) is 4.74 Å². The Morgan fingerprint density at radius 3 is 2.81 bits per heavy atom. The van der Waals surface area contributed by atoms with Crippen molar-refractivity contribution in [1.29, 1.82) is 0 Å². The smallest absolute Gasteiger partial charge is 0.409 e. The van der Waals surface area contributed by atoms with Gasteiger partial charge in [0.15, 0.2) is 0 Å². The van der Waals surface area contributed by atoms with E-state index in [-0.39, 0.29) is 6.09 Å². The first-order valence-corrected chi connectivity index (χ1v) is 8.62. The summed E-state index contributed by atoms with van der Waals surface area (Å²) in [7, 11) is 0. The molecule has 0 bridgehead atoms. The maximum Gasteiger partial charge on any atom is 0.409 e. The Labute approximate surface area is 130 Å². The summed E-state index contributed by atoms with van der Waals surface area (Å²) < 4.78 is 4.95. The highest BCUT2D eigenvalue weighted by Crippen LogP contribution is 2.25. The molecule has 1 amide bonds. The largest absolute Gasteiger partial charge is 0.448 e. The van der Waals surface area contributed by atoms with Gasteiger partial charge in [-0.25, -0.2) is 4.79 Å². The lowest BCUT2D eigenvalue weighted by molar-refractivity contribution is 0.155. The Morgan fingerprint density at radius 1 is 1.19 bits per heavy atom. The van der Waals surface area contributed by atoms with E-state index < -0.39 is 0 Å². The van der Waals surface area contributed by atoms with E-state index in [1.54, 1.807) is 0 Å². The molecular formula is C16H22N2O2S. The van der Waals surface area contributed by atoms with E-state index in [9.17, 15) is 4.79 Å². The molecule has 0 spiro atoms. The minimum atomic E-state index is -0.148. The molecule has 2 aliphatic rings. The van der Waals surface area contributed by atoms with Crippen molar-refractivity contribution in [2.24, 2.45) is 5.92 Å². The molecule has 0 unspecified atom stereocenters. The van der Waals surface area contributed by atoms with Crippen molar-refractivity contribution in [3.63, 3.8) is 0 Å². The number of ether oxygens (including phenoxy) is 1. The summed E-state index contributed by atoms with van der Waals surface area (Å²) in [4.78, 5) is 17.0. The van der Waals surface area contributed by atoms with Gasteiger partial charge in [0.25, 0.3) is 0 Å². The van der Waals surface area contributed by atoms with E-state index >= 15 is 0 Å². The van der Waals surface area contributed by atoms with Crippen LogP contribution < -0.4 is 0 Å². The third-order valence-electron chi connectivity index (χ3n) is 4.13. The predicted octanol–water partition coefficient (Wildman–Crippen LogP) is 2.55. The number of carbonyl (C=O) groups is 1. The zero-order chi connectivity index (χ0) is 14.5. The minimum absolute atomic E-state index is 0.148. The van der Waals surface area contributed by atoms with Crippen LogP contribution in [0.4, 0.5) is 4.79 Å². The number of likely N-dealkylation sites (tertiary alicyclic amines) is 1. The summed E-state index contributed by atoms with van der Waals surface area (Å²) in [5.41, 5.74) is 0. The second-order valence-corrected chi connectivity index (χ2v) is 6.77. The topological polar surface area (TPSA) is 32.8 Å². The van der Waals surface area contributed by atoms with Crippen molar-refractivity contribution in [1.82, 2.24) is 9.80 Å². The van der Waals surface area contributed by atoms with Crippen molar-refractivity contribution < 1.29 is 9.53 Å². The molecule has 3 rings (SSSR count). The molecule has 0 aliphatic carbocycles. The molecule has 5 heteroatoms. The van der Waals surface area contributed by atoms with Crippen LogP contribution in [-0.2, 0) is 4.74 Å². The second kappa shape index (κ2) is 7.18. The van der Waals surface area contributed by atoms with E-state index in [0.29, 0.717) is 6.61 Å². The normalized spacial score (nSPS) is 22.8. The third kappa shape index (κ3) is 4.14. The molecule has 1 aromatic carbocycles. The van der Waals surface area contributed by atoms with Crippen LogP contribution in [0.15, 0.2) is 35.2 Å². The highest BCUT2D eigenvalue weighted by atomic mass is 32.2. The Bertz CT molecular complexity index is 469. The maximum atomic E-state index is 11.4. The SMILES string of the molecule is O=C1OCCN1CCN1CC[C@H](CSc2ccccc2)C1. The first-order chi connectivity index (χ1) is 10.3. The molecule has 1 aromatic rings. The number of carbonyl (C=O) groups excluding carboxylic acids is 1. The zero-order valence-corrected chi connectivity index (χ0v) is 13.1. The van der Waals surface area contributed by atoms with Gasteiger partial charge in [-0.15, -0.1) is 11.8 Å². The molecule has 0 N–H and O–H groups in total. The van der Waals surface area contributed by atoms with Crippen LogP contribution in [0.3, 0.4) is 0 Å². The molecule has 114 valence electrons. The fraction of sp³-hybridized carbons (Fsp3) is 0.562. The molecule has 2 fully saturated rings. The Morgan fingerprint density at radius 2 is 2.05 bits per heavy atom. The van der Waals surface area contributed by atoms with Crippen LogP contribution in [0, 0.1) is 5.92 Å². The van der Waals surface area contributed by atoms with Gasteiger partial charge in [-0.1, -0.05) is 18.2 Å². The maximum absolute atomic E-state index is 11.4. The predicted molar refractivity (Wildman–Crippen MR) is 84.6 cm³/mol. The minimum Gasteiger partial charge on any atom is -0.448 e. The fourth-order valence-corrected chi connectivity index (χ4v) is 3.92. The van der Waals surface area contributed by atoms with E-state index in [2.05, 4.69) is 35.2 Å². The average molecular weight is 306 g/mol. The fourth-order valence-electron chi connectivity index (χ4n) is 2.87. The summed E-state index contributed by atoms with van der Waals surface area (Å²) >= 11 is 1.95. The van der Waals surface area contributed by atoms with Crippen molar-refractivity contribution in [3.8, 4) is 0 Å². The quantitative estimate of drug-likeness (QED) is 0.756. The zero-order valence-electron chi connectivity index (χ0n) is 12.2. The molecular weight excluding hydrogens is 284 g/mol. The lowest BCUT2D eigenvalue weighted by Gasteiger charge is -2.19. The van der Waals surface area contributed by atoms with Crippen molar-refractivity contribution in [2.75, 3.05) is 45.1 Å². The molecule has 0 saturated carbocycles. The van der Waals surface area contributed by atoms with Crippen molar-refractivity contribution in [2.45, 2.75) is 11.3 Å². The first-order valence-electron chi connectivity index (χ1n) is 7.63. The number of benzene rings is 1. The highest BCUT2D eigenvalue weighted by Gasteiger charge is 2.25. The number of hydrogen-bond acceptors (Lipinski definition) is 4. The Hall–Kier alpha value is -1.20. The number of amides is 1. The van der Waals surface area contributed by atoms with Gasteiger partial charge < -0.3 is 14.5 Å². The number of thioether (sulfide) groups is 1. The van der Waals surface area contributed by atoms with E-state index in [0.717, 1.165) is 38.6 Å². The summed E-state index contributed by atoms with van der Waals surface area (Å²) in [6, 6.07) is 10.6. The van der Waals surface area contributed by atoms with Gasteiger partial charge in [0.05, 0.1) is 6.54 Å². The summed E-state index contributed by atoms with van der Waals surface area (Å²) in [5.74, 6) is 1.95. The Balaban J connectivity index is 1.36. The molecule has 0 aromatic heterocycles. The van der Waals surface area contributed by atoms with Crippen LogP contribution in [0.2, 0.25) is 0 Å². The standard InChI is InChI=1S/C16H22N2O2S/c19-16-18(10-11-20-16)9-8-17-7-6-14(12-17)13-21-15-4-2-1-3-5-15/h1-5,14H,6-13H2/t14-/m0/s1. The first kappa shape index (κ1) is 14.7. The van der Waals surface area contributed by atoms with E-state index in [1.165, 1.54) is 17.1 Å². The lowest BCUT2D eigenvalue weighted by atomic mass is 10.2. The molecule has 2 saturated heterocycles. The van der Waals surface area contributed by atoms with Gasteiger partial charge in [0, 0.05) is 30.3 Å². The van der Waals surface area contributed by atoms with Gasteiger partial charge in [-0.2, -0.15) is 0 Å². The molecule has 21 heavy (non-hydrogen) atoms. The van der Waals surface area contributed by atoms with Crippen molar-refractivity contribution >= 4 is 17.9 Å². The van der Waals surface area contributed by atoms with Crippen molar-refractivity contribution in [3.05, 3.63) is 30.3 Å². The van der Waals surface area contributed by atoms with Gasteiger partial charge in [0.2, 0.25) is 0 Å². The second-order valence-electron chi connectivity index (χ2n) is 5.68. The Kier molecular flexibility index (Phi) is 5.04. The van der Waals surface area contributed by atoms with Gasteiger partial charge in [0.1, 0.15) is 6.61 Å². The van der Waals surface area contributed by atoms with Gasteiger partial charge in [-0.3, -0.25) is 0 Å². The average Bonchev–Trinajstić information content (AvgIpc) is 3.13. The van der Waals surface area contributed by atoms with Crippen LogP contribution >= 0.6 is 11.8 Å².